The van der Waals surface area contributed by atoms with Crippen LogP contribution < -0.4 is 15.5 Å². The summed E-state index contributed by atoms with van der Waals surface area (Å²) in [5, 5.41) is 7.82. The molecule has 2 aromatic rings. The second-order valence-electron chi connectivity index (χ2n) is 5.79. The van der Waals surface area contributed by atoms with E-state index in [1.54, 1.807) is 18.4 Å². The van der Waals surface area contributed by atoms with Crippen LogP contribution in [0.3, 0.4) is 0 Å². The van der Waals surface area contributed by atoms with Gasteiger partial charge in [0, 0.05) is 43.4 Å². The number of likely N-dealkylation sites (N-methyl/N-ethyl adjacent to an activating group) is 1. The Labute approximate surface area is 155 Å². The number of nitrogens with one attached hydrogen (secondary N) is 2. The number of anilines is 1. The molecule has 0 aliphatic carbocycles. The zero-order chi connectivity index (χ0) is 18.1. The summed E-state index contributed by atoms with van der Waals surface area (Å²) < 4.78 is 0. The monoisotopic (exact) mass is 359 g/mol. The van der Waals surface area contributed by atoms with Crippen LogP contribution in [0.5, 0.6) is 0 Å². The largest absolute Gasteiger partial charge is 0.370 e. The van der Waals surface area contributed by atoms with E-state index in [-0.39, 0.29) is 0 Å². The van der Waals surface area contributed by atoms with E-state index in [0.717, 1.165) is 37.0 Å². The minimum atomic E-state index is 0.708. The molecular formula is C19H29N5S. The second-order valence-corrected chi connectivity index (χ2v) is 6.99. The van der Waals surface area contributed by atoms with Gasteiger partial charge in [-0.1, -0.05) is 25.1 Å². The molecule has 25 heavy (non-hydrogen) atoms. The molecule has 136 valence electrons. The highest BCUT2D eigenvalue weighted by atomic mass is 32.1. The van der Waals surface area contributed by atoms with Crippen LogP contribution >= 0.6 is 11.3 Å². The Bertz CT molecular complexity index is 680. The SMILES string of the molecule is CCc1cnc(CNC(=NC)NCCN(CC)c2ccccc2C)s1. The molecule has 0 bridgehead atoms. The van der Waals surface area contributed by atoms with Gasteiger partial charge in [0.1, 0.15) is 5.01 Å². The van der Waals surface area contributed by atoms with Crippen LogP contribution in [0.15, 0.2) is 35.5 Å². The summed E-state index contributed by atoms with van der Waals surface area (Å²) in [5.74, 6) is 0.814. The number of aryl methyl sites for hydroxylation is 2. The first-order valence-corrected chi connectivity index (χ1v) is 9.68. The minimum Gasteiger partial charge on any atom is -0.370 e. The van der Waals surface area contributed by atoms with Gasteiger partial charge in [-0.3, -0.25) is 4.99 Å². The van der Waals surface area contributed by atoms with E-state index in [1.165, 1.54) is 16.1 Å². The number of guanidine groups is 1. The van der Waals surface area contributed by atoms with Crippen molar-refractivity contribution < 1.29 is 0 Å². The van der Waals surface area contributed by atoms with Crippen LogP contribution in [-0.4, -0.2) is 37.6 Å². The van der Waals surface area contributed by atoms with Crippen molar-refractivity contribution in [1.29, 1.82) is 0 Å². The lowest BCUT2D eigenvalue weighted by atomic mass is 10.2. The Morgan fingerprint density at radius 3 is 2.68 bits per heavy atom. The fraction of sp³-hybridized carbons (Fsp3) is 0.474. The normalized spacial score (nSPS) is 11.4. The smallest absolute Gasteiger partial charge is 0.191 e. The zero-order valence-electron chi connectivity index (χ0n) is 15.7. The number of benzene rings is 1. The minimum absolute atomic E-state index is 0.708. The molecule has 2 N–H and O–H groups in total. The lowest BCUT2D eigenvalue weighted by Gasteiger charge is -2.25. The summed E-state index contributed by atoms with van der Waals surface area (Å²) in [6.45, 7) is 9.95. The molecule has 6 heteroatoms. The van der Waals surface area contributed by atoms with Crippen molar-refractivity contribution in [3.8, 4) is 0 Å². The zero-order valence-corrected chi connectivity index (χ0v) is 16.5. The number of aromatic nitrogens is 1. The van der Waals surface area contributed by atoms with Crippen molar-refractivity contribution in [2.75, 3.05) is 31.6 Å². The first kappa shape index (κ1) is 19.2. The number of hydrogen-bond donors (Lipinski definition) is 2. The highest BCUT2D eigenvalue weighted by Gasteiger charge is 2.07. The van der Waals surface area contributed by atoms with Crippen LogP contribution in [0.4, 0.5) is 5.69 Å². The number of thiazole rings is 1. The van der Waals surface area contributed by atoms with E-state index >= 15 is 0 Å². The van der Waals surface area contributed by atoms with Gasteiger partial charge in [-0.15, -0.1) is 11.3 Å². The Morgan fingerprint density at radius 1 is 1.24 bits per heavy atom. The molecule has 0 atom stereocenters. The summed E-state index contributed by atoms with van der Waals surface area (Å²) in [5.41, 5.74) is 2.60. The molecule has 0 saturated carbocycles. The highest BCUT2D eigenvalue weighted by Crippen LogP contribution is 2.18. The average Bonchev–Trinajstić information content (AvgIpc) is 3.10. The fourth-order valence-electron chi connectivity index (χ4n) is 2.65. The molecule has 0 amide bonds. The van der Waals surface area contributed by atoms with E-state index < -0.39 is 0 Å². The van der Waals surface area contributed by atoms with Crippen molar-refractivity contribution in [1.82, 2.24) is 15.6 Å². The maximum absolute atomic E-state index is 4.43. The maximum atomic E-state index is 4.43. The van der Waals surface area contributed by atoms with E-state index in [9.17, 15) is 0 Å². The number of rotatable bonds is 8. The van der Waals surface area contributed by atoms with Crippen molar-refractivity contribution in [3.05, 3.63) is 45.9 Å². The number of aliphatic imine (C=N–C) groups is 1. The first-order valence-electron chi connectivity index (χ1n) is 8.86. The summed E-state index contributed by atoms with van der Waals surface area (Å²) in [4.78, 5) is 12.4. The van der Waals surface area contributed by atoms with Crippen LogP contribution in [0.2, 0.25) is 0 Å². The third kappa shape index (κ3) is 5.74. The first-order chi connectivity index (χ1) is 12.2. The number of hydrogen-bond acceptors (Lipinski definition) is 4. The van der Waals surface area contributed by atoms with Gasteiger partial charge in [0.15, 0.2) is 5.96 Å². The van der Waals surface area contributed by atoms with Gasteiger partial charge in [0.25, 0.3) is 0 Å². The molecule has 2 rings (SSSR count). The molecule has 0 fully saturated rings. The molecule has 1 aromatic heterocycles. The summed E-state index contributed by atoms with van der Waals surface area (Å²) >= 11 is 1.75. The lowest BCUT2D eigenvalue weighted by molar-refractivity contribution is 0.747. The van der Waals surface area contributed by atoms with Gasteiger partial charge in [-0.05, 0) is 31.9 Å². The Hall–Kier alpha value is -2.08. The van der Waals surface area contributed by atoms with Crippen molar-refractivity contribution >= 4 is 23.0 Å². The molecule has 0 spiro atoms. The van der Waals surface area contributed by atoms with E-state index in [2.05, 4.69) is 70.5 Å². The third-order valence-electron chi connectivity index (χ3n) is 4.09. The van der Waals surface area contributed by atoms with Gasteiger partial charge >= 0.3 is 0 Å². The molecule has 0 saturated heterocycles. The lowest BCUT2D eigenvalue weighted by Crippen LogP contribution is -2.41. The molecule has 1 heterocycles. The fourth-order valence-corrected chi connectivity index (χ4v) is 3.45. The van der Waals surface area contributed by atoms with Crippen LogP contribution in [0, 0.1) is 6.92 Å². The average molecular weight is 360 g/mol. The molecule has 1 aromatic carbocycles. The Kier molecular flexibility index (Phi) is 7.73. The molecular weight excluding hydrogens is 330 g/mol. The second kappa shape index (κ2) is 10.0. The predicted molar refractivity (Wildman–Crippen MR) is 109 cm³/mol. The van der Waals surface area contributed by atoms with Gasteiger partial charge in [0.05, 0.1) is 6.54 Å². The predicted octanol–water partition coefficient (Wildman–Crippen LogP) is 3.21. The van der Waals surface area contributed by atoms with Crippen LogP contribution in [0.25, 0.3) is 0 Å². The standard InChI is InChI=1S/C19H29N5S/c1-5-16-13-22-18(25-16)14-23-19(20-4)21-11-12-24(6-2)17-10-8-7-9-15(17)3/h7-10,13H,5-6,11-12,14H2,1-4H3,(H2,20,21,23). The quantitative estimate of drug-likeness (QED) is 0.561. The number of nitrogens with zero attached hydrogens (tertiary/aromatic N) is 3. The summed E-state index contributed by atoms with van der Waals surface area (Å²) in [7, 11) is 1.80. The molecule has 0 aliphatic rings. The molecule has 5 nitrogen and oxygen atoms in total. The molecule has 0 unspecified atom stereocenters. The van der Waals surface area contributed by atoms with E-state index in [4.69, 9.17) is 0 Å². The Morgan fingerprint density at radius 2 is 2.04 bits per heavy atom. The third-order valence-corrected chi connectivity index (χ3v) is 5.23. The van der Waals surface area contributed by atoms with Crippen LogP contribution in [-0.2, 0) is 13.0 Å². The van der Waals surface area contributed by atoms with Crippen molar-refractivity contribution in [3.63, 3.8) is 0 Å². The van der Waals surface area contributed by atoms with Gasteiger partial charge in [0.2, 0.25) is 0 Å². The topological polar surface area (TPSA) is 52.6 Å². The molecule has 0 radical (unpaired) electrons. The van der Waals surface area contributed by atoms with Crippen LogP contribution in [0.1, 0.15) is 29.3 Å². The van der Waals surface area contributed by atoms with Crippen molar-refractivity contribution in [2.45, 2.75) is 33.7 Å². The highest BCUT2D eigenvalue weighted by molar-refractivity contribution is 7.11. The molecule has 0 aliphatic heterocycles. The van der Waals surface area contributed by atoms with Gasteiger partial charge in [-0.2, -0.15) is 0 Å². The summed E-state index contributed by atoms with van der Waals surface area (Å²) in [6, 6.07) is 8.51. The van der Waals surface area contributed by atoms with E-state index in [1.807, 2.05) is 6.20 Å². The number of para-hydroxylation sites is 1. The van der Waals surface area contributed by atoms with Gasteiger partial charge in [-0.25, -0.2) is 4.98 Å². The maximum Gasteiger partial charge on any atom is 0.191 e. The van der Waals surface area contributed by atoms with Gasteiger partial charge < -0.3 is 15.5 Å². The summed E-state index contributed by atoms with van der Waals surface area (Å²) in [6.07, 6.45) is 3.00. The Balaban J connectivity index is 1.80. The van der Waals surface area contributed by atoms with Crippen molar-refractivity contribution in [2.24, 2.45) is 4.99 Å². The van der Waals surface area contributed by atoms with E-state index in [0.29, 0.717) is 6.54 Å².